The van der Waals surface area contributed by atoms with Gasteiger partial charge in [-0.1, -0.05) is 30.3 Å². The quantitative estimate of drug-likeness (QED) is 0.600. The third-order valence-corrected chi connectivity index (χ3v) is 4.28. The second-order valence-electron chi connectivity index (χ2n) is 6.11. The molecule has 2 rings (SSSR count). The molecular weight excluding hydrogens is 340 g/mol. The van der Waals surface area contributed by atoms with Crippen LogP contribution in [0.3, 0.4) is 0 Å². The van der Waals surface area contributed by atoms with Crippen LogP contribution in [0.1, 0.15) is 25.8 Å². The van der Waals surface area contributed by atoms with Gasteiger partial charge < -0.3 is 29.2 Å². The van der Waals surface area contributed by atoms with Gasteiger partial charge in [-0.3, -0.25) is 4.79 Å². The van der Waals surface area contributed by atoms with E-state index in [1.807, 2.05) is 37.3 Å². The van der Waals surface area contributed by atoms with Crippen molar-refractivity contribution >= 4 is 5.97 Å². The Morgan fingerprint density at radius 1 is 1.19 bits per heavy atom. The summed E-state index contributed by atoms with van der Waals surface area (Å²) in [5.41, 5.74) is 0.958. The summed E-state index contributed by atoms with van der Waals surface area (Å²) in [4.78, 5) is 12.0. The number of ether oxygens (including phenoxy) is 4. The molecule has 0 aromatic heterocycles. The molecule has 5 atom stereocenters. The van der Waals surface area contributed by atoms with E-state index in [-0.39, 0.29) is 19.0 Å². The summed E-state index contributed by atoms with van der Waals surface area (Å²) in [6.07, 6.45) is -3.20. The summed E-state index contributed by atoms with van der Waals surface area (Å²) in [5, 5.41) is 19.5. The van der Waals surface area contributed by atoms with Crippen molar-refractivity contribution in [2.75, 3.05) is 19.8 Å². The molecule has 1 aliphatic heterocycles. The highest BCUT2D eigenvalue weighted by Crippen LogP contribution is 2.35. The predicted octanol–water partition coefficient (Wildman–Crippen LogP) is 1.26. The minimum atomic E-state index is -1.13. The minimum absolute atomic E-state index is 0.0482. The Balaban J connectivity index is 2.16. The van der Waals surface area contributed by atoms with Crippen LogP contribution in [0.5, 0.6) is 0 Å². The molecule has 0 saturated carbocycles. The molecule has 1 saturated heterocycles. The monoisotopic (exact) mass is 368 g/mol. The molecule has 1 heterocycles. The minimum Gasteiger partial charge on any atom is -0.466 e. The summed E-state index contributed by atoms with van der Waals surface area (Å²) in [6.45, 7) is 4.05. The molecule has 0 aliphatic carbocycles. The fourth-order valence-electron chi connectivity index (χ4n) is 3.08. The van der Waals surface area contributed by atoms with Crippen molar-refractivity contribution < 1.29 is 34.0 Å². The van der Waals surface area contributed by atoms with E-state index in [1.165, 1.54) is 0 Å². The van der Waals surface area contributed by atoms with Crippen molar-refractivity contribution in [1.82, 2.24) is 0 Å². The molecule has 0 bridgehead atoms. The summed E-state index contributed by atoms with van der Waals surface area (Å²) in [7, 11) is 0. The summed E-state index contributed by atoms with van der Waals surface area (Å²) in [5.74, 6) is -0.817. The summed E-state index contributed by atoms with van der Waals surface area (Å²) in [6, 6.07) is 9.57. The van der Waals surface area contributed by atoms with E-state index in [1.54, 1.807) is 6.92 Å². The molecule has 1 aromatic rings. The lowest BCUT2D eigenvalue weighted by molar-refractivity contribution is -0.173. The molecule has 7 heteroatoms. The lowest BCUT2D eigenvalue weighted by Crippen LogP contribution is -2.41. The predicted molar refractivity (Wildman–Crippen MR) is 93.1 cm³/mol. The Morgan fingerprint density at radius 3 is 2.54 bits per heavy atom. The number of benzene rings is 1. The van der Waals surface area contributed by atoms with E-state index in [4.69, 9.17) is 18.9 Å². The van der Waals surface area contributed by atoms with Gasteiger partial charge in [-0.25, -0.2) is 0 Å². The second kappa shape index (κ2) is 10.6. The van der Waals surface area contributed by atoms with Crippen LogP contribution in [0.15, 0.2) is 30.3 Å². The number of rotatable bonds is 10. The topological polar surface area (TPSA) is 94.5 Å². The number of hydrogen-bond donors (Lipinski definition) is 2. The first-order valence-corrected chi connectivity index (χ1v) is 8.97. The van der Waals surface area contributed by atoms with Gasteiger partial charge in [0.25, 0.3) is 0 Å². The largest absolute Gasteiger partial charge is 0.466 e. The molecule has 1 aliphatic rings. The number of carbonyl (C=O) groups excluding carboxylic acids is 1. The van der Waals surface area contributed by atoms with E-state index < -0.39 is 37.1 Å². The highest BCUT2D eigenvalue weighted by atomic mass is 16.7. The Hall–Kier alpha value is -1.51. The maximum absolute atomic E-state index is 12.0. The second-order valence-corrected chi connectivity index (χ2v) is 6.11. The maximum atomic E-state index is 12.0. The normalized spacial score (nSPS) is 26.6. The first kappa shape index (κ1) is 20.8. The van der Waals surface area contributed by atoms with Gasteiger partial charge in [0, 0.05) is 12.5 Å². The van der Waals surface area contributed by atoms with Crippen molar-refractivity contribution in [3.63, 3.8) is 0 Å². The van der Waals surface area contributed by atoms with Crippen molar-refractivity contribution in [2.45, 2.75) is 51.5 Å². The molecule has 1 aromatic carbocycles. The highest BCUT2D eigenvalue weighted by molar-refractivity contribution is 5.69. The molecular formula is C19H28O7. The molecule has 2 N–H and O–H groups in total. The van der Waals surface area contributed by atoms with Crippen molar-refractivity contribution in [2.24, 2.45) is 5.92 Å². The third-order valence-electron chi connectivity index (χ3n) is 4.28. The molecule has 0 amide bonds. The van der Waals surface area contributed by atoms with Gasteiger partial charge in [0.2, 0.25) is 0 Å². The lowest BCUT2D eigenvalue weighted by Gasteiger charge is -2.25. The van der Waals surface area contributed by atoms with Crippen LogP contribution in [0.25, 0.3) is 0 Å². The van der Waals surface area contributed by atoms with Crippen LogP contribution >= 0.6 is 0 Å². The molecule has 26 heavy (non-hydrogen) atoms. The Kier molecular flexibility index (Phi) is 8.47. The van der Waals surface area contributed by atoms with Crippen LogP contribution in [-0.4, -0.2) is 60.6 Å². The van der Waals surface area contributed by atoms with Gasteiger partial charge in [0.15, 0.2) is 6.29 Å². The first-order valence-electron chi connectivity index (χ1n) is 8.97. The number of esters is 1. The van der Waals surface area contributed by atoms with Gasteiger partial charge in [-0.05, 0) is 19.4 Å². The average Bonchev–Trinajstić information content (AvgIpc) is 2.98. The van der Waals surface area contributed by atoms with Gasteiger partial charge in [0.05, 0.1) is 32.3 Å². The summed E-state index contributed by atoms with van der Waals surface area (Å²) >= 11 is 0. The van der Waals surface area contributed by atoms with Gasteiger partial charge in [-0.15, -0.1) is 0 Å². The van der Waals surface area contributed by atoms with E-state index in [9.17, 15) is 15.0 Å². The molecule has 1 fully saturated rings. The fourth-order valence-corrected chi connectivity index (χ4v) is 3.08. The molecule has 0 spiro atoms. The smallest absolute Gasteiger partial charge is 0.306 e. The van der Waals surface area contributed by atoms with Crippen LogP contribution in [-0.2, 0) is 30.3 Å². The van der Waals surface area contributed by atoms with Crippen molar-refractivity contribution in [3.05, 3.63) is 35.9 Å². The van der Waals surface area contributed by atoms with Crippen LogP contribution in [0, 0.1) is 5.92 Å². The third kappa shape index (κ3) is 5.49. The Labute approximate surface area is 153 Å². The lowest BCUT2D eigenvalue weighted by atomic mass is 9.94. The Morgan fingerprint density at radius 2 is 1.92 bits per heavy atom. The van der Waals surface area contributed by atoms with Crippen LogP contribution in [0.4, 0.5) is 0 Å². The van der Waals surface area contributed by atoms with E-state index >= 15 is 0 Å². The van der Waals surface area contributed by atoms with Crippen LogP contribution in [0.2, 0.25) is 0 Å². The van der Waals surface area contributed by atoms with Gasteiger partial charge >= 0.3 is 5.97 Å². The highest BCUT2D eigenvalue weighted by Gasteiger charge is 2.49. The first-order chi connectivity index (χ1) is 12.6. The zero-order chi connectivity index (χ0) is 18.9. The van der Waals surface area contributed by atoms with Crippen LogP contribution < -0.4 is 0 Å². The molecule has 1 unspecified atom stereocenters. The standard InChI is InChI=1S/C19H28O7/c1-3-23-16(22)10-14-17(25-12-13-8-6-5-7-9-13)18(15(21)11-20)26-19(14)24-4-2/h5-9,14-15,17-21H,3-4,10-12H2,1-2H3/t14-,15-,17-,18-,19?/m1/s1. The zero-order valence-corrected chi connectivity index (χ0v) is 15.2. The van der Waals surface area contributed by atoms with E-state index in [0.717, 1.165) is 5.56 Å². The average molecular weight is 368 g/mol. The van der Waals surface area contributed by atoms with E-state index in [2.05, 4.69) is 0 Å². The van der Waals surface area contributed by atoms with Gasteiger partial charge in [0.1, 0.15) is 12.2 Å². The fraction of sp³-hybridized carbons (Fsp3) is 0.632. The van der Waals surface area contributed by atoms with Crippen molar-refractivity contribution in [1.29, 1.82) is 0 Å². The SMILES string of the molecule is CCOC(=O)C[C@H]1C(OCC)O[C@H]([C@H](O)CO)[C@@H]1OCc1ccccc1. The van der Waals surface area contributed by atoms with Crippen molar-refractivity contribution in [3.8, 4) is 0 Å². The molecule has 7 nitrogen and oxygen atoms in total. The number of aliphatic hydroxyl groups excluding tert-OH is 2. The number of hydrogen-bond acceptors (Lipinski definition) is 7. The molecule has 0 radical (unpaired) electrons. The number of aliphatic hydroxyl groups is 2. The number of carbonyl (C=O) groups is 1. The zero-order valence-electron chi connectivity index (χ0n) is 15.2. The van der Waals surface area contributed by atoms with E-state index in [0.29, 0.717) is 13.2 Å². The van der Waals surface area contributed by atoms with Gasteiger partial charge in [-0.2, -0.15) is 0 Å². The summed E-state index contributed by atoms with van der Waals surface area (Å²) < 4.78 is 22.4. The maximum Gasteiger partial charge on any atom is 0.306 e. The Bertz CT molecular complexity index is 536. The molecule has 146 valence electrons.